The molecule has 0 saturated carbocycles. The predicted octanol–water partition coefficient (Wildman–Crippen LogP) is 3.87. The first kappa shape index (κ1) is 30.8. The van der Waals surface area contributed by atoms with Crippen LogP contribution in [0, 0.1) is 5.92 Å². The fourth-order valence-corrected chi connectivity index (χ4v) is 4.95. The van der Waals surface area contributed by atoms with Crippen molar-refractivity contribution < 1.29 is 22.7 Å². The van der Waals surface area contributed by atoms with Gasteiger partial charge in [0, 0.05) is 26.1 Å². The first-order valence-corrected chi connectivity index (χ1v) is 15.1. The van der Waals surface area contributed by atoms with E-state index in [0.29, 0.717) is 12.3 Å². The van der Waals surface area contributed by atoms with E-state index in [1.54, 1.807) is 19.2 Å². The summed E-state index contributed by atoms with van der Waals surface area (Å²) >= 11 is 0. The number of hydrogen-bond acceptors (Lipinski definition) is 5. The highest BCUT2D eigenvalue weighted by Crippen LogP contribution is 2.19. The number of carbonyl (C=O) groups excluding carboxylic acids is 2. The number of methoxy groups -OCH3 is 1. The fraction of sp³-hybridized carbons (Fsp3) is 0.355. The molecule has 0 aliphatic carbocycles. The van der Waals surface area contributed by atoms with Crippen molar-refractivity contribution in [3.05, 3.63) is 102 Å². The van der Waals surface area contributed by atoms with Crippen molar-refractivity contribution in [1.29, 1.82) is 0 Å². The minimum atomic E-state index is -3.73. The van der Waals surface area contributed by atoms with E-state index in [9.17, 15) is 18.0 Å². The first-order chi connectivity index (χ1) is 19.1. The summed E-state index contributed by atoms with van der Waals surface area (Å²) in [7, 11) is -2.16. The molecule has 0 aromatic heterocycles. The number of sulfonamides is 1. The summed E-state index contributed by atoms with van der Waals surface area (Å²) in [5.41, 5.74) is 2.44. The van der Waals surface area contributed by atoms with Crippen LogP contribution in [0.3, 0.4) is 0 Å². The Labute approximate surface area is 238 Å². The lowest BCUT2D eigenvalue weighted by atomic mass is 10.0. The van der Waals surface area contributed by atoms with Gasteiger partial charge >= 0.3 is 0 Å². The molecule has 0 radical (unpaired) electrons. The number of ether oxygens (including phenoxy) is 1. The second-order valence-corrected chi connectivity index (χ2v) is 12.2. The van der Waals surface area contributed by atoms with Gasteiger partial charge in [-0.3, -0.25) is 9.59 Å². The monoisotopic (exact) mass is 565 g/mol. The van der Waals surface area contributed by atoms with Crippen molar-refractivity contribution in [2.45, 2.75) is 39.4 Å². The first-order valence-electron chi connectivity index (χ1n) is 13.3. The molecular weight excluding hydrogens is 526 g/mol. The zero-order valence-corrected chi connectivity index (χ0v) is 24.4. The predicted molar refractivity (Wildman–Crippen MR) is 157 cm³/mol. The average Bonchev–Trinajstić information content (AvgIpc) is 2.94. The van der Waals surface area contributed by atoms with Crippen LogP contribution in [0.4, 0.5) is 0 Å². The molecule has 0 fully saturated rings. The van der Waals surface area contributed by atoms with E-state index < -0.39 is 28.5 Å². The molecule has 8 nitrogen and oxygen atoms in total. The van der Waals surface area contributed by atoms with Gasteiger partial charge in [0.15, 0.2) is 0 Å². The summed E-state index contributed by atoms with van der Waals surface area (Å²) in [5, 5.41) is 2.98. The Bertz CT molecular complexity index is 1330. The Morgan fingerprint density at radius 1 is 0.825 bits per heavy atom. The van der Waals surface area contributed by atoms with Crippen LogP contribution in [0.1, 0.15) is 30.5 Å². The van der Waals surface area contributed by atoms with E-state index in [1.807, 2.05) is 86.6 Å². The molecule has 0 saturated heterocycles. The molecular formula is C31H39N3O5S. The standard InChI is InChI=1S/C31H39N3O5S/c1-24(2)20-32-31(36)29(19-25-11-7-5-8-12-25)34(22-27-15-17-28(39-3)18-16-27)30(35)23-33(40(4,37)38)21-26-13-9-6-10-14-26/h5-18,24,29H,19-23H2,1-4H3,(H,32,36)/t29-/m0/s1. The summed E-state index contributed by atoms with van der Waals surface area (Å²) in [6.45, 7) is 4.23. The van der Waals surface area contributed by atoms with E-state index in [1.165, 1.54) is 4.90 Å². The van der Waals surface area contributed by atoms with Gasteiger partial charge in [0.05, 0.1) is 19.9 Å². The third-order valence-corrected chi connectivity index (χ3v) is 7.65. The lowest BCUT2D eigenvalue weighted by Crippen LogP contribution is -2.53. The van der Waals surface area contributed by atoms with Gasteiger partial charge in [-0.15, -0.1) is 0 Å². The van der Waals surface area contributed by atoms with Crippen molar-refractivity contribution in [2.75, 3.05) is 26.5 Å². The molecule has 1 atom stereocenters. The summed E-state index contributed by atoms with van der Waals surface area (Å²) in [4.78, 5) is 29.1. The molecule has 214 valence electrons. The number of nitrogens with one attached hydrogen (secondary N) is 1. The maximum atomic E-state index is 14.0. The SMILES string of the molecule is COc1ccc(CN(C(=O)CN(Cc2ccccc2)S(C)(=O)=O)[C@@H](Cc2ccccc2)C(=O)NCC(C)C)cc1. The lowest BCUT2D eigenvalue weighted by Gasteiger charge is -2.33. The molecule has 3 aromatic carbocycles. The Morgan fingerprint density at radius 3 is 1.90 bits per heavy atom. The zero-order chi connectivity index (χ0) is 29.1. The van der Waals surface area contributed by atoms with Crippen LogP contribution >= 0.6 is 0 Å². The number of benzene rings is 3. The molecule has 0 bridgehead atoms. The topological polar surface area (TPSA) is 96.0 Å². The largest absolute Gasteiger partial charge is 0.497 e. The summed E-state index contributed by atoms with van der Waals surface area (Å²) in [5.74, 6) is 0.146. The second-order valence-electron chi connectivity index (χ2n) is 10.2. The summed E-state index contributed by atoms with van der Waals surface area (Å²) < 4.78 is 31.9. The highest BCUT2D eigenvalue weighted by molar-refractivity contribution is 7.88. The van der Waals surface area contributed by atoms with Crippen LogP contribution < -0.4 is 10.1 Å². The van der Waals surface area contributed by atoms with E-state index >= 15 is 0 Å². The van der Waals surface area contributed by atoms with Crippen LogP contribution in [0.15, 0.2) is 84.9 Å². The van der Waals surface area contributed by atoms with Crippen molar-refractivity contribution in [1.82, 2.24) is 14.5 Å². The van der Waals surface area contributed by atoms with Crippen molar-refractivity contribution in [3.8, 4) is 5.75 Å². The Balaban J connectivity index is 1.99. The van der Waals surface area contributed by atoms with Crippen LogP contribution in [0.2, 0.25) is 0 Å². The number of nitrogens with zero attached hydrogens (tertiary/aromatic N) is 2. The second kappa shape index (κ2) is 14.6. The van der Waals surface area contributed by atoms with Gasteiger partial charge in [-0.2, -0.15) is 4.31 Å². The van der Waals surface area contributed by atoms with Gasteiger partial charge < -0.3 is 15.0 Å². The minimum absolute atomic E-state index is 0.0463. The van der Waals surface area contributed by atoms with Crippen LogP contribution in [-0.2, 0) is 39.1 Å². The molecule has 40 heavy (non-hydrogen) atoms. The van der Waals surface area contributed by atoms with Gasteiger partial charge in [0.25, 0.3) is 0 Å². The number of amides is 2. The molecule has 0 aliphatic rings. The van der Waals surface area contributed by atoms with E-state index in [-0.39, 0.29) is 31.3 Å². The minimum Gasteiger partial charge on any atom is -0.497 e. The molecule has 0 heterocycles. The normalized spacial score (nSPS) is 12.2. The molecule has 2 amide bonds. The third kappa shape index (κ3) is 9.50. The number of hydrogen-bond donors (Lipinski definition) is 1. The molecule has 0 spiro atoms. The van der Waals surface area contributed by atoms with E-state index in [2.05, 4.69) is 5.32 Å². The van der Waals surface area contributed by atoms with Gasteiger partial charge in [-0.05, 0) is 34.7 Å². The molecule has 0 aliphatic heterocycles. The summed E-state index contributed by atoms with van der Waals surface area (Å²) in [6, 6.07) is 25.0. The Kier molecular flexibility index (Phi) is 11.3. The summed E-state index contributed by atoms with van der Waals surface area (Å²) in [6.07, 6.45) is 1.37. The highest BCUT2D eigenvalue weighted by Gasteiger charge is 2.33. The lowest BCUT2D eigenvalue weighted by molar-refractivity contribution is -0.141. The molecule has 0 unspecified atom stereocenters. The van der Waals surface area contributed by atoms with Gasteiger partial charge in [0.2, 0.25) is 21.8 Å². The van der Waals surface area contributed by atoms with Crippen molar-refractivity contribution >= 4 is 21.8 Å². The number of carbonyl (C=O) groups is 2. The van der Waals surface area contributed by atoms with Gasteiger partial charge in [0.1, 0.15) is 11.8 Å². The molecule has 3 aromatic rings. The van der Waals surface area contributed by atoms with Gasteiger partial charge in [-0.1, -0.05) is 86.6 Å². The van der Waals surface area contributed by atoms with Gasteiger partial charge in [-0.25, -0.2) is 8.42 Å². The van der Waals surface area contributed by atoms with E-state index in [4.69, 9.17) is 4.74 Å². The average molecular weight is 566 g/mol. The highest BCUT2D eigenvalue weighted by atomic mass is 32.2. The van der Waals surface area contributed by atoms with Crippen molar-refractivity contribution in [2.24, 2.45) is 5.92 Å². The third-order valence-electron chi connectivity index (χ3n) is 6.45. The Morgan fingerprint density at radius 2 is 1.38 bits per heavy atom. The zero-order valence-electron chi connectivity index (χ0n) is 23.6. The van der Waals surface area contributed by atoms with E-state index in [0.717, 1.165) is 27.3 Å². The maximum absolute atomic E-state index is 14.0. The maximum Gasteiger partial charge on any atom is 0.243 e. The molecule has 9 heteroatoms. The molecule has 1 N–H and O–H groups in total. The van der Waals surface area contributed by atoms with Crippen LogP contribution in [-0.4, -0.2) is 61.9 Å². The molecule has 3 rings (SSSR count). The van der Waals surface area contributed by atoms with Crippen LogP contribution in [0.5, 0.6) is 5.75 Å². The number of rotatable bonds is 14. The quantitative estimate of drug-likeness (QED) is 0.320. The van der Waals surface area contributed by atoms with Crippen LogP contribution in [0.25, 0.3) is 0 Å². The van der Waals surface area contributed by atoms with Crippen molar-refractivity contribution in [3.63, 3.8) is 0 Å². The smallest absolute Gasteiger partial charge is 0.243 e. The Hall–Kier alpha value is -3.69. The fourth-order valence-electron chi connectivity index (χ4n) is 4.22.